The first-order valence-electron chi connectivity index (χ1n) is 10.1. The van der Waals surface area contributed by atoms with Gasteiger partial charge in [-0.1, -0.05) is 30.3 Å². The van der Waals surface area contributed by atoms with E-state index in [-0.39, 0.29) is 11.9 Å². The van der Waals surface area contributed by atoms with Crippen LogP contribution in [0.4, 0.5) is 10.5 Å². The fraction of sp³-hybridized carbons (Fsp3) is 0.261. The van der Waals surface area contributed by atoms with Crippen LogP contribution in [-0.4, -0.2) is 46.8 Å². The zero-order valence-electron chi connectivity index (χ0n) is 17.8. The molecule has 0 spiro atoms. The number of aromatic nitrogens is 2. The van der Waals surface area contributed by atoms with Crippen LogP contribution in [0.3, 0.4) is 0 Å². The SMILES string of the molecule is COc1ccccc1NC(=O)N1CCNC(=O)C1c1c(C)nn(-c2ccccc2)c1C. The van der Waals surface area contributed by atoms with Crippen LogP contribution in [0.15, 0.2) is 54.6 Å². The van der Waals surface area contributed by atoms with Crippen molar-refractivity contribution >= 4 is 17.6 Å². The lowest BCUT2D eigenvalue weighted by Gasteiger charge is -2.35. The number of hydrogen-bond acceptors (Lipinski definition) is 4. The van der Waals surface area contributed by atoms with Crippen molar-refractivity contribution in [3.63, 3.8) is 0 Å². The van der Waals surface area contributed by atoms with Crippen molar-refractivity contribution in [1.82, 2.24) is 20.0 Å². The molecule has 3 aromatic rings. The maximum absolute atomic E-state index is 13.2. The standard InChI is InChI=1S/C23H25N5O3/c1-15-20(16(2)28(26-15)17-9-5-4-6-10-17)21-22(29)24-13-14-27(21)23(30)25-18-11-7-8-12-19(18)31-3/h4-12,21H,13-14H2,1-3H3,(H,24,29)(H,25,30). The molecule has 2 heterocycles. The first kappa shape index (κ1) is 20.5. The Bertz CT molecular complexity index is 1110. The van der Waals surface area contributed by atoms with E-state index in [9.17, 15) is 9.59 Å². The van der Waals surface area contributed by atoms with E-state index in [1.165, 1.54) is 0 Å². The Morgan fingerprint density at radius 2 is 1.84 bits per heavy atom. The van der Waals surface area contributed by atoms with Crippen molar-refractivity contribution in [3.8, 4) is 11.4 Å². The molecule has 4 rings (SSSR count). The maximum atomic E-state index is 13.2. The highest BCUT2D eigenvalue weighted by Crippen LogP contribution is 2.31. The number of para-hydroxylation sites is 3. The summed E-state index contributed by atoms with van der Waals surface area (Å²) >= 11 is 0. The highest BCUT2D eigenvalue weighted by Gasteiger charge is 2.38. The normalized spacial score (nSPS) is 16.0. The van der Waals surface area contributed by atoms with Gasteiger partial charge < -0.3 is 20.3 Å². The molecule has 2 N–H and O–H groups in total. The van der Waals surface area contributed by atoms with Gasteiger partial charge in [0.2, 0.25) is 5.91 Å². The van der Waals surface area contributed by atoms with E-state index < -0.39 is 6.04 Å². The van der Waals surface area contributed by atoms with Crippen LogP contribution in [-0.2, 0) is 4.79 Å². The van der Waals surface area contributed by atoms with Crippen molar-refractivity contribution in [2.24, 2.45) is 0 Å². The number of amides is 3. The summed E-state index contributed by atoms with van der Waals surface area (Å²) < 4.78 is 7.14. The molecule has 1 aliphatic heterocycles. The van der Waals surface area contributed by atoms with Gasteiger partial charge in [-0.3, -0.25) is 4.79 Å². The topological polar surface area (TPSA) is 88.5 Å². The van der Waals surface area contributed by atoms with E-state index in [1.807, 2.05) is 61.0 Å². The highest BCUT2D eigenvalue weighted by atomic mass is 16.5. The van der Waals surface area contributed by atoms with Crippen LogP contribution in [0.2, 0.25) is 0 Å². The predicted molar refractivity (Wildman–Crippen MR) is 118 cm³/mol. The zero-order chi connectivity index (χ0) is 22.0. The van der Waals surface area contributed by atoms with Gasteiger partial charge in [-0.05, 0) is 38.1 Å². The Balaban J connectivity index is 1.70. The van der Waals surface area contributed by atoms with Crippen molar-refractivity contribution in [2.45, 2.75) is 19.9 Å². The Morgan fingerprint density at radius 1 is 1.13 bits per heavy atom. The largest absolute Gasteiger partial charge is 0.495 e. The fourth-order valence-electron chi connectivity index (χ4n) is 3.98. The molecule has 0 bridgehead atoms. The molecule has 1 aliphatic rings. The Hall–Kier alpha value is -3.81. The second kappa shape index (κ2) is 8.51. The number of urea groups is 1. The van der Waals surface area contributed by atoms with Crippen LogP contribution >= 0.6 is 0 Å². The third kappa shape index (κ3) is 3.84. The third-order valence-corrected chi connectivity index (χ3v) is 5.44. The quantitative estimate of drug-likeness (QED) is 0.680. The number of benzene rings is 2. The maximum Gasteiger partial charge on any atom is 0.322 e. The van der Waals surface area contributed by atoms with E-state index in [2.05, 4.69) is 15.7 Å². The zero-order valence-corrected chi connectivity index (χ0v) is 17.8. The Morgan fingerprint density at radius 3 is 2.58 bits per heavy atom. The molecular weight excluding hydrogens is 394 g/mol. The predicted octanol–water partition coefficient (Wildman–Crippen LogP) is 3.20. The number of nitrogens with zero attached hydrogens (tertiary/aromatic N) is 3. The summed E-state index contributed by atoms with van der Waals surface area (Å²) in [7, 11) is 1.55. The third-order valence-electron chi connectivity index (χ3n) is 5.44. The van der Waals surface area contributed by atoms with E-state index in [4.69, 9.17) is 4.74 Å². The summed E-state index contributed by atoms with van der Waals surface area (Å²) in [6.07, 6.45) is 0. The Labute approximate surface area is 180 Å². The molecular formula is C23H25N5O3. The minimum absolute atomic E-state index is 0.222. The minimum Gasteiger partial charge on any atom is -0.495 e. The lowest BCUT2D eigenvalue weighted by Crippen LogP contribution is -2.53. The molecule has 1 saturated heterocycles. The average molecular weight is 419 g/mol. The number of ether oxygens (including phenoxy) is 1. The van der Waals surface area contributed by atoms with Gasteiger partial charge >= 0.3 is 6.03 Å². The number of rotatable bonds is 4. The van der Waals surface area contributed by atoms with E-state index in [1.54, 1.807) is 24.1 Å². The number of aryl methyl sites for hydroxylation is 1. The van der Waals surface area contributed by atoms with Crippen LogP contribution in [0.1, 0.15) is 23.0 Å². The second-order valence-corrected chi connectivity index (χ2v) is 7.35. The smallest absolute Gasteiger partial charge is 0.322 e. The van der Waals surface area contributed by atoms with Gasteiger partial charge in [0.25, 0.3) is 0 Å². The number of methoxy groups -OCH3 is 1. The number of carbonyl (C=O) groups excluding carboxylic acids is 2. The van der Waals surface area contributed by atoms with E-state index in [0.717, 1.165) is 16.9 Å². The summed E-state index contributed by atoms with van der Waals surface area (Å²) in [6.45, 7) is 4.55. The number of anilines is 1. The molecule has 8 heteroatoms. The first-order chi connectivity index (χ1) is 15.0. The summed E-state index contributed by atoms with van der Waals surface area (Å²) in [4.78, 5) is 27.7. The van der Waals surface area contributed by atoms with Crippen molar-refractivity contribution in [3.05, 3.63) is 71.5 Å². The molecule has 3 amide bonds. The second-order valence-electron chi connectivity index (χ2n) is 7.35. The van der Waals surface area contributed by atoms with Gasteiger partial charge in [0.15, 0.2) is 0 Å². The van der Waals surface area contributed by atoms with Crippen LogP contribution in [0.5, 0.6) is 5.75 Å². The number of carbonyl (C=O) groups is 2. The summed E-state index contributed by atoms with van der Waals surface area (Å²) in [5, 5.41) is 10.4. The van der Waals surface area contributed by atoms with Gasteiger partial charge in [-0.25, -0.2) is 9.48 Å². The summed E-state index contributed by atoms with van der Waals surface area (Å²) in [6, 6.07) is 15.8. The van der Waals surface area contributed by atoms with Crippen molar-refractivity contribution in [1.29, 1.82) is 0 Å². The van der Waals surface area contributed by atoms with E-state index >= 15 is 0 Å². The molecule has 0 saturated carbocycles. The lowest BCUT2D eigenvalue weighted by molar-refractivity contribution is -0.127. The lowest BCUT2D eigenvalue weighted by atomic mass is 10.0. The molecule has 1 atom stereocenters. The minimum atomic E-state index is -0.777. The molecule has 1 aromatic heterocycles. The molecule has 8 nitrogen and oxygen atoms in total. The number of piperazine rings is 1. The summed E-state index contributed by atoms with van der Waals surface area (Å²) in [5.41, 5.74) is 3.71. The number of hydrogen-bond donors (Lipinski definition) is 2. The van der Waals surface area contributed by atoms with Gasteiger partial charge in [-0.15, -0.1) is 0 Å². The average Bonchev–Trinajstić information content (AvgIpc) is 3.08. The molecule has 1 fully saturated rings. The van der Waals surface area contributed by atoms with Crippen molar-refractivity contribution < 1.29 is 14.3 Å². The molecule has 0 radical (unpaired) electrons. The van der Waals surface area contributed by atoms with Crippen LogP contribution in [0.25, 0.3) is 5.69 Å². The molecule has 31 heavy (non-hydrogen) atoms. The monoisotopic (exact) mass is 419 g/mol. The van der Waals surface area contributed by atoms with E-state index in [0.29, 0.717) is 30.2 Å². The van der Waals surface area contributed by atoms with Crippen molar-refractivity contribution in [2.75, 3.05) is 25.5 Å². The van der Waals surface area contributed by atoms with Crippen LogP contribution < -0.4 is 15.4 Å². The first-order valence-corrected chi connectivity index (χ1v) is 10.1. The summed E-state index contributed by atoms with van der Waals surface area (Å²) in [5.74, 6) is 0.332. The van der Waals surface area contributed by atoms with Gasteiger partial charge in [0.05, 0.1) is 24.2 Å². The van der Waals surface area contributed by atoms with Gasteiger partial charge in [0, 0.05) is 24.3 Å². The molecule has 2 aromatic carbocycles. The van der Waals surface area contributed by atoms with Gasteiger partial charge in [0.1, 0.15) is 11.8 Å². The van der Waals surface area contributed by atoms with Crippen LogP contribution in [0, 0.1) is 13.8 Å². The van der Waals surface area contributed by atoms with Gasteiger partial charge in [-0.2, -0.15) is 5.10 Å². The Kier molecular flexibility index (Phi) is 5.62. The molecule has 160 valence electrons. The molecule has 0 aliphatic carbocycles. The molecule has 1 unspecified atom stereocenters. The number of nitrogens with one attached hydrogen (secondary N) is 2. The fourth-order valence-corrected chi connectivity index (χ4v) is 3.98. The highest BCUT2D eigenvalue weighted by molar-refractivity contribution is 5.96.